The normalized spacial score (nSPS) is 12.2. The second-order valence-electron chi connectivity index (χ2n) is 3.42. The molecule has 0 saturated heterocycles. The molecule has 16 heavy (non-hydrogen) atoms. The van der Waals surface area contributed by atoms with Crippen molar-refractivity contribution in [3.05, 3.63) is 28.7 Å². The molecule has 0 aliphatic heterocycles. The van der Waals surface area contributed by atoms with E-state index in [4.69, 9.17) is 10.5 Å². The minimum atomic E-state index is -0.720. The van der Waals surface area contributed by atoms with Crippen molar-refractivity contribution in [2.24, 2.45) is 12.8 Å². The molecule has 0 fully saturated rings. The van der Waals surface area contributed by atoms with Crippen LogP contribution < -0.4 is 16.6 Å². The molecule has 0 spiro atoms. The molecule has 0 bridgehead atoms. The van der Waals surface area contributed by atoms with Gasteiger partial charge in [-0.2, -0.15) is 0 Å². The van der Waals surface area contributed by atoms with Crippen molar-refractivity contribution in [2.45, 2.75) is 6.04 Å². The third-order valence-corrected chi connectivity index (χ3v) is 2.04. The summed E-state index contributed by atoms with van der Waals surface area (Å²) in [6.07, 6.45) is 1.53. The van der Waals surface area contributed by atoms with Gasteiger partial charge in [0.05, 0.1) is 12.3 Å². The quantitative estimate of drug-likeness (QED) is 0.709. The molecule has 1 amide bonds. The van der Waals surface area contributed by atoms with Gasteiger partial charge >= 0.3 is 0 Å². The van der Waals surface area contributed by atoms with Gasteiger partial charge in [-0.15, -0.1) is 0 Å². The number of carbonyl (C=O) groups excluding carboxylic acids is 1. The Balaban J connectivity index is 2.70. The van der Waals surface area contributed by atoms with E-state index in [1.807, 2.05) is 0 Å². The fourth-order valence-electron chi connectivity index (χ4n) is 1.16. The number of nitrogens with zero attached hydrogens (tertiary/aromatic N) is 1. The van der Waals surface area contributed by atoms with Gasteiger partial charge in [0.1, 0.15) is 6.04 Å². The van der Waals surface area contributed by atoms with E-state index in [2.05, 4.69) is 5.32 Å². The topological polar surface area (TPSA) is 86.3 Å². The van der Waals surface area contributed by atoms with Crippen LogP contribution in [-0.4, -0.2) is 30.2 Å². The summed E-state index contributed by atoms with van der Waals surface area (Å²) in [6, 6.07) is 2.18. The standard InChI is InChI=1S/C10H15N3O3/c1-13-5-7(3-4-9(13)14)12-10(15)8(11)6-16-2/h3-5,8H,6,11H2,1-2H3,(H,12,15). The van der Waals surface area contributed by atoms with E-state index in [1.54, 1.807) is 7.05 Å². The zero-order valence-electron chi connectivity index (χ0n) is 9.27. The lowest BCUT2D eigenvalue weighted by molar-refractivity contribution is -0.118. The SMILES string of the molecule is COCC(N)C(=O)Nc1ccc(=O)n(C)c1. The smallest absolute Gasteiger partial charge is 0.250 e. The van der Waals surface area contributed by atoms with Crippen molar-refractivity contribution >= 4 is 11.6 Å². The number of nitrogens with one attached hydrogen (secondary N) is 1. The summed E-state index contributed by atoms with van der Waals surface area (Å²) in [5.41, 5.74) is 5.92. The number of hydrogen-bond acceptors (Lipinski definition) is 4. The fourth-order valence-corrected chi connectivity index (χ4v) is 1.16. The van der Waals surface area contributed by atoms with Crippen molar-refractivity contribution in [1.29, 1.82) is 0 Å². The number of hydrogen-bond donors (Lipinski definition) is 2. The molecule has 3 N–H and O–H groups in total. The number of carbonyl (C=O) groups is 1. The van der Waals surface area contributed by atoms with E-state index < -0.39 is 6.04 Å². The average molecular weight is 225 g/mol. The van der Waals surface area contributed by atoms with Gasteiger partial charge in [-0.3, -0.25) is 9.59 Å². The summed E-state index contributed by atoms with van der Waals surface area (Å²) < 4.78 is 6.14. The first-order valence-electron chi connectivity index (χ1n) is 4.76. The van der Waals surface area contributed by atoms with Gasteiger partial charge in [0, 0.05) is 26.4 Å². The van der Waals surface area contributed by atoms with Gasteiger partial charge in [-0.25, -0.2) is 0 Å². The van der Waals surface area contributed by atoms with Gasteiger partial charge in [-0.1, -0.05) is 0 Å². The van der Waals surface area contributed by atoms with Crippen molar-refractivity contribution < 1.29 is 9.53 Å². The summed E-state index contributed by atoms with van der Waals surface area (Å²) in [5, 5.41) is 2.59. The fraction of sp³-hybridized carbons (Fsp3) is 0.400. The van der Waals surface area contributed by atoms with Crippen molar-refractivity contribution in [3.8, 4) is 0 Å². The van der Waals surface area contributed by atoms with Gasteiger partial charge in [0.2, 0.25) is 11.5 Å². The number of pyridine rings is 1. The molecule has 0 radical (unpaired) electrons. The second-order valence-corrected chi connectivity index (χ2v) is 3.42. The van der Waals surface area contributed by atoms with Crippen LogP contribution >= 0.6 is 0 Å². The highest BCUT2D eigenvalue weighted by atomic mass is 16.5. The number of aryl methyl sites for hydroxylation is 1. The number of rotatable bonds is 4. The van der Waals surface area contributed by atoms with E-state index in [1.165, 1.54) is 30.0 Å². The Morgan fingerprint density at radius 3 is 2.88 bits per heavy atom. The van der Waals surface area contributed by atoms with Gasteiger partial charge in [0.25, 0.3) is 0 Å². The zero-order chi connectivity index (χ0) is 12.1. The van der Waals surface area contributed by atoms with Gasteiger partial charge in [0.15, 0.2) is 0 Å². The third-order valence-electron chi connectivity index (χ3n) is 2.04. The number of amides is 1. The van der Waals surface area contributed by atoms with Crippen LogP contribution in [0.25, 0.3) is 0 Å². The van der Waals surface area contributed by atoms with Crippen LogP contribution in [-0.2, 0) is 16.6 Å². The monoisotopic (exact) mass is 225 g/mol. The Labute approximate surface area is 93.0 Å². The van der Waals surface area contributed by atoms with Crippen LogP contribution in [0.5, 0.6) is 0 Å². The molecule has 6 nitrogen and oxygen atoms in total. The van der Waals surface area contributed by atoms with Gasteiger partial charge in [-0.05, 0) is 6.07 Å². The second kappa shape index (κ2) is 5.43. The first-order valence-corrected chi connectivity index (χ1v) is 4.76. The van der Waals surface area contributed by atoms with Crippen LogP contribution in [0.4, 0.5) is 5.69 Å². The number of nitrogens with two attached hydrogens (primary N) is 1. The van der Waals surface area contributed by atoms with Gasteiger partial charge < -0.3 is 20.4 Å². The van der Waals surface area contributed by atoms with Crippen LogP contribution in [0.3, 0.4) is 0 Å². The summed E-state index contributed by atoms with van der Waals surface area (Å²) >= 11 is 0. The molecule has 1 rings (SSSR count). The molecule has 1 unspecified atom stereocenters. The van der Waals surface area contributed by atoms with E-state index in [9.17, 15) is 9.59 Å². The molecule has 1 aromatic rings. The highest BCUT2D eigenvalue weighted by Gasteiger charge is 2.12. The molecule has 0 aliphatic rings. The minimum absolute atomic E-state index is 0.140. The van der Waals surface area contributed by atoms with Crippen molar-refractivity contribution in [1.82, 2.24) is 4.57 Å². The Hall–Kier alpha value is -1.66. The lowest BCUT2D eigenvalue weighted by atomic mass is 10.3. The molecule has 88 valence electrons. The Kier molecular flexibility index (Phi) is 4.21. The number of methoxy groups -OCH3 is 1. The molecule has 1 heterocycles. The maximum Gasteiger partial charge on any atom is 0.250 e. The molecule has 0 aliphatic carbocycles. The summed E-state index contributed by atoms with van der Waals surface area (Å²) in [7, 11) is 3.08. The van der Waals surface area contributed by atoms with E-state index >= 15 is 0 Å². The summed E-state index contributed by atoms with van der Waals surface area (Å²) in [4.78, 5) is 22.6. The Morgan fingerprint density at radius 2 is 2.31 bits per heavy atom. The van der Waals surface area contributed by atoms with Crippen molar-refractivity contribution in [2.75, 3.05) is 19.0 Å². The largest absolute Gasteiger partial charge is 0.383 e. The number of ether oxygens (including phenoxy) is 1. The predicted molar refractivity (Wildman–Crippen MR) is 60.2 cm³/mol. The third kappa shape index (κ3) is 3.18. The molecule has 0 aromatic carbocycles. The molecule has 1 atom stereocenters. The molecule has 6 heteroatoms. The molecule has 1 aromatic heterocycles. The maximum absolute atomic E-state index is 11.5. The Bertz CT molecular complexity index is 428. The van der Waals surface area contributed by atoms with Crippen LogP contribution in [0.15, 0.2) is 23.1 Å². The number of aromatic nitrogens is 1. The van der Waals surface area contributed by atoms with Crippen LogP contribution in [0.2, 0.25) is 0 Å². The van der Waals surface area contributed by atoms with Crippen molar-refractivity contribution in [3.63, 3.8) is 0 Å². The highest BCUT2D eigenvalue weighted by molar-refractivity contribution is 5.94. The lowest BCUT2D eigenvalue weighted by Crippen LogP contribution is -2.39. The minimum Gasteiger partial charge on any atom is -0.383 e. The predicted octanol–water partition coefficient (Wildman–Crippen LogP) is -0.702. The van der Waals surface area contributed by atoms with E-state index in [0.717, 1.165) is 0 Å². The summed E-state index contributed by atoms with van der Waals surface area (Å²) in [5.74, 6) is -0.347. The zero-order valence-corrected chi connectivity index (χ0v) is 9.27. The van der Waals surface area contributed by atoms with Crippen LogP contribution in [0.1, 0.15) is 0 Å². The Morgan fingerprint density at radius 1 is 1.62 bits per heavy atom. The average Bonchev–Trinajstić information content (AvgIpc) is 2.24. The first-order chi connectivity index (χ1) is 7.54. The van der Waals surface area contributed by atoms with Crippen LogP contribution in [0, 0.1) is 0 Å². The maximum atomic E-state index is 11.5. The molecular formula is C10H15N3O3. The lowest BCUT2D eigenvalue weighted by Gasteiger charge is -2.11. The molecular weight excluding hydrogens is 210 g/mol. The number of anilines is 1. The van der Waals surface area contributed by atoms with E-state index in [0.29, 0.717) is 5.69 Å². The highest BCUT2D eigenvalue weighted by Crippen LogP contribution is 2.02. The molecule has 0 saturated carbocycles. The van der Waals surface area contributed by atoms with E-state index in [-0.39, 0.29) is 18.1 Å². The summed E-state index contributed by atoms with van der Waals surface area (Å²) in [6.45, 7) is 0.150. The first kappa shape index (κ1) is 12.4.